The van der Waals surface area contributed by atoms with E-state index in [1.54, 1.807) is 0 Å². The number of carboxylic acid groups (broad SMARTS) is 1. The summed E-state index contributed by atoms with van der Waals surface area (Å²) in [7, 11) is 0. The molecule has 7 heteroatoms. The van der Waals surface area contributed by atoms with Gasteiger partial charge in [-0.2, -0.15) is 0 Å². The molecule has 0 atom stereocenters. The topological polar surface area (TPSA) is 72.5 Å². The van der Waals surface area contributed by atoms with Crippen LogP contribution < -0.4 is 10.5 Å². The highest BCUT2D eigenvalue weighted by molar-refractivity contribution is 6.30. The van der Waals surface area contributed by atoms with E-state index in [-0.39, 0.29) is 16.5 Å². The summed E-state index contributed by atoms with van der Waals surface area (Å²) in [6.45, 7) is 0. The van der Waals surface area contributed by atoms with Gasteiger partial charge in [-0.15, -0.1) is 0 Å². The van der Waals surface area contributed by atoms with E-state index < -0.39 is 28.9 Å². The third-order valence-corrected chi connectivity index (χ3v) is 2.78. The lowest BCUT2D eigenvalue weighted by Gasteiger charge is -2.11. The first kappa shape index (κ1) is 14.1. The van der Waals surface area contributed by atoms with Gasteiger partial charge >= 0.3 is 5.97 Å². The van der Waals surface area contributed by atoms with Crippen molar-refractivity contribution in [1.82, 2.24) is 0 Å². The van der Waals surface area contributed by atoms with Crippen molar-refractivity contribution in [2.45, 2.75) is 0 Å². The van der Waals surface area contributed by atoms with Crippen molar-refractivity contribution in [2.24, 2.45) is 0 Å². The lowest BCUT2D eigenvalue weighted by molar-refractivity contribution is 0.0695. The molecular formula is C13H8ClF2NO3. The molecule has 0 spiro atoms. The number of hydrogen-bond donors (Lipinski definition) is 2. The Labute approximate surface area is 117 Å². The lowest BCUT2D eigenvalue weighted by atomic mass is 10.1. The van der Waals surface area contributed by atoms with E-state index in [2.05, 4.69) is 0 Å². The number of nitrogen functional groups attached to an aromatic ring is 1. The van der Waals surface area contributed by atoms with E-state index in [0.29, 0.717) is 0 Å². The maximum atomic E-state index is 13.3. The molecule has 2 aromatic rings. The zero-order chi connectivity index (χ0) is 14.9. The van der Waals surface area contributed by atoms with E-state index in [1.807, 2.05) is 0 Å². The molecule has 0 aliphatic rings. The maximum absolute atomic E-state index is 13.3. The van der Waals surface area contributed by atoms with Gasteiger partial charge in [-0.1, -0.05) is 11.6 Å². The molecule has 0 aromatic heterocycles. The molecule has 0 amide bonds. The van der Waals surface area contributed by atoms with Crippen LogP contribution in [-0.2, 0) is 0 Å². The summed E-state index contributed by atoms with van der Waals surface area (Å²) in [6.07, 6.45) is 0. The minimum Gasteiger partial charge on any atom is -0.477 e. The van der Waals surface area contributed by atoms with Crippen molar-refractivity contribution in [2.75, 3.05) is 5.73 Å². The van der Waals surface area contributed by atoms with Crippen molar-refractivity contribution >= 4 is 23.3 Å². The summed E-state index contributed by atoms with van der Waals surface area (Å²) in [5.41, 5.74) is 4.32. The number of aromatic carboxylic acids is 1. The van der Waals surface area contributed by atoms with Crippen molar-refractivity contribution < 1.29 is 23.4 Å². The summed E-state index contributed by atoms with van der Waals surface area (Å²) >= 11 is 5.58. The molecule has 3 N–H and O–H groups in total. The van der Waals surface area contributed by atoms with E-state index in [9.17, 15) is 13.6 Å². The van der Waals surface area contributed by atoms with E-state index in [0.717, 1.165) is 18.2 Å². The SMILES string of the molecule is Nc1c(F)ccc(Oc2ccc(F)c(Cl)c2)c1C(=O)O. The molecule has 0 fully saturated rings. The Hall–Kier alpha value is -2.34. The highest BCUT2D eigenvalue weighted by Crippen LogP contribution is 2.32. The molecule has 104 valence electrons. The average molecular weight is 300 g/mol. The first-order chi connectivity index (χ1) is 9.40. The third kappa shape index (κ3) is 2.65. The zero-order valence-electron chi connectivity index (χ0n) is 9.86. The van der Waals surface area contributed by atoms with E-state index >= 15 is 0 Å². The van der Waals surface area contributed by atoms with Gasteiger partial charge in [0.1, 0.15) is 28.7 Å². The van der Waals surface area contributed by atoms with Gasteiger partial charge in [0.25, 0.3) is 0 Å². The van der Waals surface area contributed by atoms with Gasteiger partial charge < -0.3 is 15.6 Å². The van der Waals surface area contributed by atoms with Gasteiger partial charge in [-0.05, 0) is 24.3 Å². The third-order valence-electron chi connectivity index (χ3n) is 2.49. The van der Waals surface area contributed by atoms with Crippen molar-refractivity contribution in [1.29, 1.82) is 0 Å². The first-order valence-electron chi connectivity index (χ1n) is 5.34. The highest BCUT2D eigenvalue weighted by atomic mass is 35.5. The lowest BCUT2D eigenvalue weighted by Crippen LogP contribution is -2.07. The Morgan fingerprint density at radius 3 is 2.45 bits per heavy atom. The summed E-state index contributed by atoms with van der Waals surface area (Å²) in [6, 6.07) is 5.58. The van der Waals surface area contributed by atoms with E-state index in [4.69, 9.17) is 27.2 Å². The number of benzene rings is 2. The Morgan fingerprint density at radius 1 is 1.20 bits per heavy atom. The number of halogens is 3. The number of carbonyl (C=O) groups is 1. The maximum Gasteiger partial charge on any atom is 0.341 e. The van der Waals surface area contributed by atoms with Crippen molar-refractivity contribution in [3.63, 3.8) is 0 Å². The van der Waals surface area contributed by atoms with Crippen LogP contribution in [0.5, 0.6) is 11.5 Å². The normalized spacial score (nSPS) is 10.3. The van der Waals surface area contributed by atoms with Crippen LogP contribution in [0.4, 0.5) is 14.5 Å². The average Bonchev–Trinajstić information content (AvgIpc) is 2.38. The monoisotopic (exact) mass is 299 g/mol. The fraction of sp³-hybridized carbons (Fsp3) is 0. The summed E-state index contributed by atoms with van der Waals surface area (Å²) in [5.74, 6) is -3.02. The number of carboxylic acids is 1. The molecule has 0 saturated heterocycles. The standard InChI is InChI=1S/C13H8ClF2NO3/c14-7-5-6(1-2-8(7)15)20-10-4-3-9(16)12(17)11(10)13(18)19/h1-5H,17H2,(H,18,19). The first-order valence-corrected chi connectivity index (χ1v) is 5.72. The second kappa shape index (κ2) is 5.34. The van der Waals surface area contributed by atoms with Gasteiger partial charge in [0.2, 0.25) is 0 Å². The Morgan fingerprint density at radius 2 is 1.85 bits per heavy atom. The van der Waals surface area contributed by atoms with Crippen LogP contribution in [0.2, 0.25) is 5.02 Å². The van der Waals surface area contributed by atoms with Gasteiger partial charge in [-0.3, -0.25) is 0 Å². The van der Waals surface area contributed by atoms with Crippen LogP contribution >= 0.6 is 11.6 Å². The second-order valence-corrected chi connectivity index (χ2v) is 4.22. The summed E-state index contributed by atoms with van der Waals surface area (Å²) < 4.78 is 31.5. The van der Waals surface area contributed by atoms with Crippen LogP contribution in [-0.4, -0.2) is 11.1 Å². The molecule has 0 saturated carbocycles. The van der Waals surface area contributed by atoms with Crippen LogP contribution in [0.25, 0.3) is 0 Å². The fourth-order valence-corrected chi connectivity index (χ4v) is 1.72. The number of anilines is 1. The van der Waals surface area contributed by atoms with Crippen molar-refractivity contribution in [3.05, 3.63) is 52.6 Å². The molecule has 0 unspecified atom stereocenters. The predicted molar refractivity (Wildman–Crippen MR) is 69.3 cm³/mol. The van der Waals surface area contributed by atoms with Gasteiger partial charge in [0, 0.05) is 6.07 Å². The summed E-state index contributed by atoms with van der Waals surface area (Å²) in [4.78, 5) is 11.1. The summed E-state index contributed by atoms with van der Waals surface area (Å²) in [5, 5.41) is 8.85. The molecule has 2 rings (SSSR count). The highest BCUT2D eigenvalue weighted by Gasteiger charge is 2.19. The molecule has 20 heavy (non-hydrogen) atoms. The molecular weight excluding hydrogens is 292 g/mol. The quantitative estimate of drug-likeness (QED) is 0.848. The molecule has 2 aromatic carbocycles. The number of hydrogen-bond acceptors (Lipinski definition) is 3. The number of ether oxygens (including phenoxy) is 1. The molecule has 0 aliphatic carbocycles. The van der Waals surface area contributed by atoms with Gasteiger partial charge in [0.05, 0.1) is 10.7 Å². The minimum absolute atomic E-state index is 0.102. The number of rotatable bonds is 3. The van der Waals surface area contributed by atoms with Gasteiger partial charge in [0.15, 0.2) is 0 Å². The zero-order valence-corrected chi connectivity index (χ0v) is 10.6. The van der Waals surface area contributed by atoms with Crippen LogP contribution in [0, 0.1) is 11.6 Å². The van der Waals surface area contributed by atoms with Crippen molar-refractivity contribution in [3.8, 4) is 11.5 Å². The molecule has 0 radical (unpaired) electrons. The largest absolute Gasteiger partial charge is 0.477 e. The van der Waals surface area contributed by atoms with Gasteiger partial charge in [-0.25, -0.2) is 13.6 Å². The smallest absolute Gasteiger partial charge is 0.341 e. The van der Waals surface area contributed by atoms with Crippen LogP contribution in [0.3, 0.4) is 0 Å². The molecule has 0 bridgehead atoms. The second-order valence-electron chi connectivity index (χ2n) is 3.82. The molecule has 4 nitrogen and oxygen atoms in total. The predicted octanol–water partition coefficient (Wildman–Crippen LogP) is 3.69. The molecule has 0 heterocycles. The Balaban J connectivity index is 2.45. The van der Waals surface area contributed by atoms with E-state index in [1.165, 1.54) is 12.1 Å². The van der Waals surface area contributed by atoms with Crippen LogP contribution in [0.15, 0.2) is 30.3 Å². The number of nitrogens with two attached hydrogens (primary N) is 1. The minimum atomic E-state index is -1.44. The fourth-order valence-electron chi connectivity index (χ4n) is 1.55. The molecule has 0 aliphatic heterocycles. The Bertz CT molecular complexity index is 692. The Kier molecular flexibility index (Phi) is 3.76. The van der Waals surface area contributed by atoms with Crippen LogP contribution in [0.1, 0.15) is 10.4 Å².